The Kier molecular flexibility index (Phi) is 25.7. The van der Waals surface area contributed by atoms with Crippen molar-refractivity contribution in [2.45, 2.75) is 171 Å². The average molecular weight is 1920 g/mol. The van der Waals surface area contributed by atoms with Gasteiger partial charge in [0.25, 0.3) is 0 Å². The summed E-state index contributed by atoms with van der Waals surface area (Å²) < 4.78 is 107. The van der Waals surface area contributed by atoms with E-state index in [2.05, 4.69) is 360 Å². The van der Waals surface area contributed by atoms with E-state index in [4.69, 9.17) is 22.5 Å². The fraction of sp³-hybridized carbons (Fsp3) is 0.230. The normalized spacial score (nSPS) is 12.7. The van der Waals surface area contributed by atoms with Gasteiger partial charge in [0.15, 0.2) is 48.3 Å². The van der Waals surface area contributed by atoms with Crippen LogP contribution in [0.5, 0.6) is 0 Å². The van der Waals surface area contributed by atoms with Crippen LogP contribution in [0.1, 0.15) is 170 Å². The topological polar surface area (TPSA) is 75.3 Å². The number of hydrogen-bond acceptors (Lipinski definition) is 4. The largest absolute Gasteiger partial charge is 0.437 e. The molecule has 10 heteroatoms. The third kappa shape index (κ3) is 20.7. The molecule has 10 nitrogen and oxygen atoms in total. The summed E-state index contributed by atoms with van der Waals surface area (Å²) in [5, 5.41) is 12.7. The van der Waals surface area contributed by atoms with E-state index in [1.807, 2.05) is 138 Å². The van der Waals surface area contributed by atoms with E-state index < -0.39 is 26.4 Å². The summed E-state index contributed by atoms with van der Waals surface area (Å²) in [5.74, 6) is -0.0258. The Balaban J connectivity index is 0.000000128. The minimum atomic E-state index is -2.36. The molecule has 0 aliphatic heterocycles. The summed E-state index contributed by atoms with van der Waals surface area (Å²) in [6.07, 6.45) is 12.2. The molecule has 0 aliphatic carbocycles. The van der Waals surface area contributed by atoms with Crippen molar-refractivity contribution in [2.24, 2.45) is 42.3 Å². The predicted molar refractivity (Wildman–Crippen MR) is 608 cm³/mol. The van der Waals surface area contributed by atoms with Gasteiger partial charge in [-0.1, -0.05) is 208 Å². The number of aryl methyl sites for hydroxylation is 21. The van der Waals surface area contributed by atoms with Crippen molar-refractivity contribution in [3.05, 3.63) is 427 Å². The molecule has 0 unspecified atom stereocenters. The minimum absolute atomic E-state index is 0.202. The second-order valence-electron chi connectivity index (χ2n) is 40.3. The zero-order chi connectivity index (χ0) is 112. The molecule has 0 saturated carbocycles. The van der Waals surface area contributed by atoms with E-state index in [1.165, 1.54) is 160 Å². The molecule has 726 valence electrons. The lowest BCUT2D eigenvalue weighted by molar-refractivity contribution is -0.660. The Labute approximate surface area is 872 Å². The molecule has 10 heterocycles. The SMILES string of the molecule is Cc1cc(C)c(C)c(-c2c3ccc(C(C)C)cc3cc[n+]2C)c1.Cc1cc(C)c(C)c(-c2c3ccccc3cc[n+]2C)c1.Cc1cc(C)c(C)c(-c2c3ccccc3cc[n+]2C)c1.[2H]C(C)(C)c1ccc2c(-c3cc(C)cc(C)c3C)[n+](C)ccc2c1.[2H]C([2H])([2H])c1c[n+](C)c(-c2c(C)cc(C([2H])([2H])[2H])c3c2oc2nc(C)ccc23)cc1-c1ccccc1.[2H]C([2H])([2H])c1cc(C)c(-c2cc(-c3ccccc3)cc[n+]2C)c2oc3nc(C)ccc3c12. The van der Waals surface area contributed by atoms with Crippen molar-refractivity contribution >= 4 is 87.2 Å². The highest BCUT2D eigenvalue weighted by Crippen LogP contribution is 2.44. The predicted octanol–water partition coefficient (Wildman–Crippen LogP) is 31.7. The van der Waals surface area contributed by atoms with Gasteiger partial charge in [0.2, 0.25) is 45.6 Å². The number of fused-ring (bicyclic) bond motifs is 10. The molecule has 0 spiro atoms. The molecular formula is C135H140N8O2+6. The van der Waals surface area contributed by atoms with Gasteiger partial charge in [-0.05, 0) is 338 Å². The van der Waals surface area contributed by atoms with Gasteiger partial charge < -0.3 is 8.83 Å². The lowest BCUT2D eigenvalue weighted by atomic mass is 9.93. The van der Waals surface area contributed by atoms with Crippen LogP contribution in [-0.2, 0) is 42.3 Å². The Hall–Kier alpha value is -15.5. The van der Waals surface area contributed by atoms with Gasteiger partial charge in [-0.3, -0.25) is 0 Å². The highest BCUT2D eigenvalue weighted by molar-refractivity contribution is 6.12. The molecule has 0 N–H and O–H groups in total. The zero-order valence-electron chi connectivity index (χ0n) is 98.9. The molecule has 12 aromatic carbocycles. The van der Waals surface area contributed by atoms with Crippen LogP contribution in [-0.4, -0.2) is 9.97 Å². The monoisotopic (exact) mass is 1920 g/mol. The van der Waals surface area contributed by atoms with Gasteiger partial charge in [-0.2, -0.15) is 0 Å². The van der Waals surface area contributed by atoms with Crippen LogP contribution < -0.4 is 27.4 Å². The summed E-state index contributed by atoms with van der Waals surface area (Å²) in [6, 6.07) is 94.0. The number of aromatic nitrogens is 8. The van der Waals surface area contributed by atoms with E-state index in [0.717, 1.165) is 55.8 Å². The number of furan rings is 2. The second kappa shape index (κ2) is 42.2. The van der Waals surface area contributed by atoms with Gasteiger partial charge in [-0.25, -0.2) is 37.4 Å². The molecule has 0 fully saturated rings. The third-order valence-corrected chi connectivity index (χ3v) is 28.9. The molecule has 22 rings (SSSR count). The average Bonchev–Trinajstić information content (AvgIpc) is 1.58. The van der Waals surface area contributed by atoms with Crippen molar-refractivity contribution in [3.8, 4) is 89.8 Å². The van der Waals surface area contributed by atoms with Crippen LogP contribution in [0.4, 0.5) is 0 Å². The smallest absolute Gasteiger partial charge is 0.227 e. The van der Waals surface area contributed by atoms with Crippen LogP contribution in [0, 0.1) is 131 Å². The summed E-state index contributed by atoms with van der Waals surface area (Å²) in [6.45, 7) is 35.2. The maximum absolute atomic E-state index is 8.29. The van der Waals surface area contributed by atoms with Crippen LogP contribution >= 0.6 is 0 Å². The summed E-state index contributed by atoms with van der Waals surface area (Å²) in [4.78, 5) is 9.03. The van der Waals surface area contributed by atoms with Gasteiger partial charge in [0, 0.05) is 94.7 Å². The van der Waals surface area contributed by atoms with Crippen molar-refractivity contribution in [2.75, 3.05) is 0 Å². The maximum Gasteiger partial charge on any atom is 0.227 e. The van der Waals surface area contributed by atoms with Crippen LogP contribution in [0.15, 0.2) is 319 Å². The zero-order valence-corrected chi connectivity index (χ0v) is 88.9. The lowest BCUT2D eigenvalue weighted by Gasteiger charge is -2.12. The molecule has 0 aliphatic rings. The standard InChI is InChI=1S/C27H25N2O.C26H23N2O.2C22H26N.2C19H20N/c1-16-13-17(2)25(26-24(16)21-12-11-19(4)28-27(21)30-26)23-14-22(18(3)15-29(23)5)20-9-7-6-8-10-20;1-16-14-17(2)24(25-23(16)21-11-10-18(3)27-26(21)29-25)22-15-20(12-13-28(22)4)19-8-6-5-7-9-19;2*1-14(2)18-7-8-20-19(13-18)9-10-23(6)22(20)21-12-15(3)11-16(4)17(21)5;2*1-13-11-14(2)15(3)18(12-13)19-17-8-6-5-7-16(17)9-10-20(19)4/h6-15H,1-5H3;5-15H,1-4H3;2*7-14H,1-6H3;2*5-12H,1-4H3/q6*+1/i1D3,3D3;1D3;14D;;;. The van der Waals surface area contributed by atoms with E-state index in [1.54, 1.807) is 29.9 Å². The minimum Gasteiger partial charge on any atom is -0.437 e. The number of nitrogens with zero attached hydrogens (tertiary/aromatic N) is 8. The van der Waals surface area contributed by atoms with Gasteiger partial charge in [-0.15, -0.1) is 0 Å². The van der Waals surface area contributed by atoms with E-state index >= 15 is 0 Å². The van der Waals surface area contributed by atoms with Crippen molar-refractivity contribution in [3.63, 3.8) is 0 Å². The van der Waals surface area contributed by atoms with E-state index in [-0.39, 0.29) is 11.1 Å². The number of pyridine rings is 8. The highest BCUT2D eigenvalue weighted by Gasteiger charge is 2.30. The molecule has 0 saturated heterocycles. The first-order valence-electron chi connectivity index (χ1n) is 55.1. The molecule has 145 heavy (non-hydrogen) atoms. The molecule has 0 atom stereocenters. The molecular weight excluding hydrogens is 1770 g/mol. The molecule has 0 amide bonds. The van der Waals surface area contributed by atoms with Gasteiger partial charge in [0.05, 0.1) is 54.9 Å². The first-order valence-corrected chi connectivity index (χ1v) is 50.1. The first-order chi connectivity index (χ1) is 73.3. The Morgan fingerprint density at radius 3 is 1.01 bits per heavy atom. The summed E-state index contributed by atoms with van der Waals surface area (Å²) in [5.41, 5.74) is 41.4. The van der Waals surface area contributed by atoms with Crippen LogP contribution in [0.2, 0.25) is 0 Å². The maximum atomic E-state index is 8.29. The van der Waals surface area contributed by atoms with Crippen molar-refractivity contribution in [1.29, 1.82) is 0 Å². The van der Waals surface area contributed by atoms with Crippen LogP contribution in [0.25, 0.3) is 177 Å². The Morgan fingerprint density at radius 1 is 0.269 bits per heavy atom. The second-order valence-corrected chi connectivity index (χ2v) is 40.3. The number of rotatable bonds is 10. The highest BCUT2D eigenvalue weighted by atomic mass is 16.3. The number of hydrogen-bond donors (Lipinski definition) is 0. The fourth-order valence-electron chi connectivity index (χ4n) is 20.7. The molecule has 10 aromatic heterocycles. The Morgan fingerprint density at radius 2 is 0.614 bits per heavy atom. The van der Waals surface area contributed by atoms with Crippen molar-refractivity contribution < 1.29 is 49.9 Å². The van der Waals surface area contributed by atoms with Crippen molar-refractivity contribution in [1.82, 2.24) is 9.97 Å². The third-order valence-electron chi connectivity index (χ3n) is 28.9. The molecule has 0 bridgehead atoms. The first kappa shape index (κ1) is 88.4. The van der Waals surface area contributed by atoms with E-state index in [0.29, 0.717) is 72.6 Å². The quantitative estimate of drug-likeness (QED) is 0.128. The van der Waals surface area contributed by atoms with E-state index in [9.17, 15) is 0 Å². The summed E-state index contributed by atoms with van der Waals surface area (Å²) >= 11 is 0. The fourth-order valence-corrected chi connectivity index (χ4v) is 20.7. The summed E-state index contributed by atoms with van der Waals surface area (Å²) in [7, 11) is 12.3. The number of benzene rings is 12. The molecule has 22 aromatic rings. The van der Waals surface area contributed by atoms with Gasteiger partial charge in [0.1, 0.15) is 42.3 Å². The van der Waals surface area contributed by atoms with Crippen LogP contribution in [0.3, 0.4) is 0 Å². The Bertz CT molecular complexity index is 9110. The van der Waals surface area contributed by atoms with Gasteiger partial charge >= 0.3 is 0 Å². The lowest BCUT2D eigenvalue weighted by Crippen LogP contribution is -2.31. The molecule has 0 radical (unpaired) electrons.